The highest BCUT2D eigenvalue weighted by molar-refractivity contribution is 6.34. The Morgan fingerprint density at radius 1 is 1.14 bits per heavy atom. The number of hydrogen-bond acceptors (Lipinski definition) is 8. The molecule has 2 aromatic carbocycles. The Hall–Kier alpha value is -3.53. The van der Waals surface area contributed by atoms with Crippen LogP contribution in [0.5, 0.6) is 11.5 Å². The minimum Gasteiger partial charge on any atom is -0.495 e. The van der Waals surface area contributed by atoms with Gasteiger partial charge in [-0.2, -0.15) is 10.2 Å². The zero-order valence-electron chi connectivity index (χ0n) is 15.7. The number of nitro groups is 1. The van der Waals surface area contributed by atoms with E-state index in [2.05, 4.69) is 15.5 Å². The van der Waals surface area contributed by atoms with Gasteiger partial charge in [0.2, 0.25) is 6.04 Å². The van der Waals surface area contributed by atoms with Crippen LogP contribution in [-0.2, 0) is 9.59 Å². The van der Waals surface area contributed by atoms with E-state index in [1.54, 1.807) is 0 Å². The van der Waals surface area contributed by atoms with Crippen molar-refractivity contribution in [1.82, 2.24) is 0 Å². The summed E-state index contributed by atoms with van der Waals surface area (Å²) in [5.41, 5.74) is 0.355. The highest BCUT2D eigenvalue weighted by Gasteiger charge is 2.25. The molecule has 0 radical (unpaired) electrons. The molecule has 1 atom stereocenters. The van der Waals surface area contributed by atoms with Crippen molar-refractivity contribution in [2.24, 2.45) is 10.2 Å². The molecular formula is C18H17ClN4O6. The third-order valence-electron chi connectivity index (χ3n) is 3.73. The van der Waals surface area contributed by atoms with Gasteiger partial charge in [0.15, 0.2) is 11.5 Å². The van der Waals surface area contributed by atoms with Gasteiger partial charge in [-0.05, 0) is 31.2 Å². The van der Waals surface area contributed by atoms with Crippen molar-refractivity contribution < 1.29 is 24.0 Å². The first-order valence-electron chi connectivity index (χ1n) is 8.15. The second-order valence-electron chi connectivity index (χ2n) is 5.65. The molecule has 0 fully saturated rings. The molecule has 10 nitrogen and oxygen atoms in total. The summed E-state index contributed by atoms with van der Waals surface area (Å²) >= 11 is 6.16. The Morgan fingerprint density at radius 2 is 1.79 bits per heavy atom. The van der Waals surface area contributed by atoms with E-state index in [0.717, 1.165) is 0 Å². The van der Waals surface area contributed by atoms with Gasteiger partial charge in [-0.25, -0.2) is 0 Å². The number of anilines is 1. The minimum atomic E-state index is -1.43. The number of halogens is 1. The smallest absolute Gasteiger partial charge is 0.269 e. The van der Waals surface area contributed by atoms with E-state index in [-0.39, 0.29) is 27.8 Å². The van der Waals surface area contributed by atoms with Crippen molar-refractivity contribution in [3.63, 3.8) is 0 Å². The first kappa shape index (κ1) is 21.8. The van der Waals surface area contributed by atoms with Crippen LogP contribution in [0.15, 0.2) is 46.6 Å². The Bertz CT molecular complexity index is 962. The number of hydrogen-bond donors (Lipinski definition) is 1. The van der Waals surface area contributed by atoms with Crippen LogP contribution in [0.25, 0.3) is 0 Å². The SMILES string of the molecule is COc1ccc(NC(=O)C(N=Nc2ccc([N+](=O)[O-])cc2)C(C)=O)c(OC)c1Cl. The maximum absolute atomic E-state index is 12.5. The van der Waals surface area contributed by atoms with E-state index in [4.69, 9.17) is 21.1 Å². The fraction of sp³-hybridized carbons (Fsp3) is 0.222. The van der Waals surface area contributed by atoms with Crippen molar-refractivity contribution in [1.29, 1.82) is 0 Å². The standard InChI is InChI=1S/C18H17ClN4O6/c1-10(24)16(22-21-11-4-6-12(7-5-11)23(26)27)18(25)20-13-8-9-14(28-2)15(19)17(13)29-3/h4-9,16H,1-3H3,(H,20,25). The maximum Gasteiger partial charge on any atom is 0.269 e. The molecule has 0 aliphatic carbocycles. The molecule has 1 N–H and O–H groups in total. The number of amides is 1. The van der Waals surface area contributed by atoms with E-state index in [9.17, 15) is 19.7 Å². The minimum absolute atomic E-state index is 0.117. The molecule has 0 bridgehead atoms. The molecule has 0 heterocycles. The Labute approximate surface area is 170 Å². The van der Waals surface area contributed by atoms with Crippen LogP contribution in [-0.4, -0.2) is 36.9 Å². The van der Waals surface area contributed by atoms with Gasteiger partial charge in [0.05, 0.1) is 30.5 Å². The number of ether oxygens (including phenoxy) is 2. The fourth-order valence-corrected chi connectivity index (χ4v) is 2.60. The molecule has 2 rings (SSSR count). The van der Waals surface area contributed by atoms with Crippen molar-refractivity contribution in [3.8, 4) is 11.5 Å². The summed E-state index contributed by atoms with van der Waals surface area (Å²) < 4.78 is 10.3. The second-order valence-corrected chi connectivity index (χ2v) is 6.03. The lowest BCUT2D eigenvalue weighted by molar-refractivity contribution is -0.384. The number of benzene rings is 2. The van der Waals surface area contributed by atoms with Gasteiger partial charge in [0.25, 0.3) is 11.6 Å². The average molecular weight is 421 g/mol. The molecule has 0 aliphatic heterocycles. The van der Waals surface area contributed by atoms with E-state index >= 15 is 0 Å². The number of ketones is 1. The average Bonchev–Trinajstić information content (AvgIpc) is 2.68. The summed E-state index contributed by atoms with van der Waals surface area (Å²) in [5, 5.41) is 20.9. The highest BCUT2D eigenvalue weighted by atomic mass is 35.5. The van der Waals surface area contributed by atoms with Crippen LogP contribution in [0.4, 0.5) is 17.1 Å². The molecule has 0 aromatic heterocycles. The molecule has 11 heteroatoms. The van der Waals surface area contributed by atoms with Crippen LogP contribution in [0, 0.1) is 10.1 Å². The Kier molecular flexibility index (Phi) is 7.21. The van der Waals surface area contributed by atoms with Crippen molar-refractivity contribution in [3.05, 3.63) is 51.5 Å². The van der Waals surface area contributed by atoms with E-state index in [0.29, 0.717) is 5.75 Å². The summed E-state index contributed by atoms with van der Waals surface area (Å²) in [5.74, 6) is -0.786. The number of azo groups is 1. The van der Waals surface area contributed by atoms with Crippen LogP contribution in [0.3, 0.4) is 0 Å². The largest absolute Gasteiger partial charge is 0.495 e. The number of carbonyl (C=O) groups excluding carboxylic acids is 2. The van der Waals surface area contributed by atoms with Crippen molar-refractivity contribution in [2.75, 3.05) is 19.5 Å². The number of nitro benzene ring substituents is 1. The third kappa shape index (κ3) is 5.26. The predicted octanol–water partition coefficient (Wildman–Crippen LogP) is 3.95. The van der Waals surface area contributed by atoms with Crippen LogP contribution >= 0.6 is 11.6 Å². The number of rotatable bonds is 8. The lowest BCUT2D eigenvalue weighted by atomic mass is 10.2. The van der Waals surface area contributed by atoms with Crippen LogP contribution in [0.2, 0.25) is 5.02 Å². The van der Waals surface area contributed by atoms with Gasteiger partial charge in [0, 0.05) is 12.1 Å². The van der Waals surface area contributed by atoms with Gasteiger partial charge in [-0.1, -0.05) is 11.6 Å². The third-order valence-corrected chi connectivity index (χ3v) is 4.08. The lowest BCUT2D eigenvalue weighted by Crippen LogP contribution is -2.32. The van der Waals surface area contributed by atoms with Crippen LogP contribution in [0.1, 0.15) is 6.92 Å². The maximum atomic E-state index is 12.5. The zero-order valence-corrected chi connectivity index (χ0v) is 16.5. The first-order valence-corrected chi connectivity index (χ1v) is 8.53. The van der Waals surface area contributed by atoms with E-state index in [1.807, 2.05) is 0 Å². The highest BCUT2D eigenvalue weighted by Crippen LogP contribution is 2.39. The number of Topliss-reactive ketones (excluding diaryl/α,β-unsaturated/α-hetero) is 1. The molecule has 1 unspecified atom stereocenters. The normalized spacial score (nSPS) is 11.7. The number of nitrogens with zero attached hydrogens (tertiary/aromatic N) is 3. The van der Waals surface area contributed by atoms with Gasteiger partial charge >= 0.3 is 0 Å². The predicted molar refractivity (Wildman–Crippen MR) is 105 cm³/mol. The molecule has 2 aromatic rings. The number of non-ortho nitro benzene ring substituents is 1. The monoisotopic (exact) mass is 420 g/mol. The lowest BCUT2D eigenvalue weighted by Gasteiger charge is -2.15. The van der Waals surface area contributed by atoms with Gasteiger partial charge < -0.3 is 14.8 Å². The van der Waals surface area contributed by atoms with Gasteiger partial charge in [-0.3, -0.25) is 19.7 Å². The van der Waals surface area contributed by atoms with E-state index < -0.39 is 22.7 Å². The second kappa shape index (κ2) is 9.60. The van der Waals surface area contributed by atoms with Gasteiger partial charge in [-0.15, -0.1) is 0 Å². The number of nitrogens with one attached hydrogen (secondary N) is 1. The van der Waals surface area contributed by atoms with E-state index in [1.165, 1.54) is 57.5 Å². The molecule has 0 spiro atoms. The Balaban J connectivity index is 2.23. The number of methoxy groups -OCH3 is 2. The summed E-state index contributed by atoms with van der Waals surface area (Å²) in [7, 11) is 2.80. The molecule has 0 saturated carbocycles. The molecule has 152 valence electrons. The quantitative estimate of drug-likeness (QED) is 0.297. The molecule has 29 heavy (non-hydrogen) atoms. The van der Waals surface area contributed by atoms with Crippen molar-refractivity contribution in [2.45, 2.75) is 13.0 Å². The molecule has 1 amide bonds. The first-order chi connectivity index (χ1) is 13.8. The number of carbonyl (C=O) groups is 2. The molecule has 0 saturated heterocycles. The fourth-order valence-electron chi connectivity index (χ4n) is 2.28. The topological polar surface area (TPSA) is 132 Å². The molecular weight excluding hydrogens is 404 g/mol. The Morgan fingerprint density at radius 3 is 2.31 bits per heavy atom. The summed E-state index contributed by atoms with van der Waals surface area (Å²) in [6.07, 6.45) is 0. The summed E-state index contributed by atoms with van der Waals surface area (Å²) in [4.78, 5) is 34.5. The zero-order chi connectivity index (χ0) is 21.6. The van der Waals surface area contributed by atoms with Crippen LogP contribution < -0.4 is 14.8 Å². The summed E-state index contributed by atoms with van der Waals surface area (Å²) in [6.45, 7) is 1.19. The molecule has 0 aliphatic rings. The van der Waals surface area contributed by atoms with Crippen molar-refractivity contribution >= 4 is 40.4 Å². The summed E-state index contributed by atoms with van der Waals surface area (Å²) in [6, 6.07) is 6.78. The van der Waals surface area contributed by atoms with Gasteiger partial charge in [0.1, 0.15) is 10.8 Å².